The van der Waals surface area contributed by atoms with Gasteiger partial charge in [0.2, 0.25) is 9.84 Å². The molecule has 1 aromatic carbocycles. The molecule has 0 bridgehead atoms. The lowest BCUT2D eigenvalue weighted by molar-refractivity contribution is 0.235. The van der Waals surface area contributed by atoms with Gasteiger partial charge in [-0.05, 0) is 19.1 Å². The summed E-state index contributed by atoms with van der Waals surface area (Å²) >= 11 is 0. The fraction of sp³-hybridized carbons (Fsp3) is 0.455. The summed E-state index contributed by atoms with van der Waals surface area (Å²) in [6.45, 7) is 3.53. The molecule has 1 aromatic rings. The third kappa shape index (κ3) is 4.21. The number of benzene rings is 1. The Hall–Kier alpha value is -0.680. The maximum atomic E-state index is 12.0. The Labute approximate surface area is 108 Å². The largest absolute Gasteiger partial charge is 0.331 e. The predicted octanol–water partition coefficient (Wildman–Crippen LogP) is 2.68. The predicted molar refractivity (Wildman–Crippen MR) is 69.4 cm³/mol. The van der Waals surface area contributed by atoms with E-state index in [4.69, 9.17) is 9.05 Å². The lowest BCUT2D eigenvalue weighted by Crippen LogP contribution is -2.10. The minimum absolute atomic E-state index is 0.143. The van der Waals surface area contributed by atoms with Crippen LogP contribution in [-0.4, -0.2) is 27.1 Å². The summed E-state index contributed by atoms with van der Waals surface area (Å²) in [6.07, 6.45) is 0.144. The Morgan fingerprint density at radius 2 is 1.72 bits per heavy atom. The van der Waals surface area contributed by atoms with E-state index in [0.29, 0.717) is 0 Å². The molecule has 5 nitrogen and oxygen atoms in total. The highest BCUT2D eigenvalue weighted by atomic mass is 32.2. The van der Waals surface area contributed by atoms with Gasteiger partial charge < -0.3 is 4.52 Å². The van der Waals surface area contributed by atoms with Crippen molar-refractivity contribution in [3.63, 3.8) is 0 Å². The van der Waals surface area contributed by atoms with Crippen LogP contribution in [0.3, 0.4) is 0 Å². The van der Waals surface area contributed by atoms with Crippen molar-refractivity contribution < 1.29 is 22.0 Å². The molecular formula is C11H17O5PS. The van der Waals surface area contributed by atoms with Crippen molar-refractivity contribution in [3.05, 3.63) is 30.3 Å². The van der Waals surface area contributed by atoms with Gasteiger partial charge in [0.25, 0.3) is 0 Å². The zero-order chi connectivity index (χ0) is 13.6. The minimum atomic E-state index is -3.60. The summed E-state index contributed by atoms with van der Waals surface area (Å²) in [7, 11) is -6.89. The number of hydrogen-bond acceptors (Lipinski definition) is 5. The summed E-state index contributed by atoms with van der Waals surface area (Å²) in [5.41, 5.74) is 0. The minimum Gasteiger partial charge on any atom is -0.309 e. The van der Waals surface area contributed by atoms with Crippen molar-refractivity contribution in [2.75, 3.05) is 18.7 Å². The van der Waals surface area contributed by atoms with E-state index in [1.54, 1.807) is 32.0 Å². The lowest BCUT2D eigenvalue weighted by Gasteiger charge is -2.15. The van der Waals surface area contributed by atoms with E-state index in [-0.39, 0.29) is 17.7 Å². The van der Waals surface area contributed by atoms with E-state index in [0.717, 1.165) is 0 Å². The second-order valence-electron chi connectivity index (χ2n) is 3.52. The van der Waals surface area contributed by atoms with Crippen LogP contribution in [0.4, 0.5) is 0 Å². The van der Waals surface area contributed by atoms with Gasteiger partial charge in [0.1, 0.15) is 0 Å². The summed E-state index contributed by atoms with van der Waals surface area (Å²) in [5.74, 6) is -0.637. The van der Waals surface area contributed by atoms with E-state index in [9.17, 15) is 13.0 Å². The molecule has 1 atom stereocenters. The first-order chi connectivity index (χ1) is 8.43. The van der Waals surface area contributed by atoms with Crippen LogP contribution in [0.15, 0.2) is 35.2 Å². The lowest BCUT2D eigenvalue weighted by atomic mass is 10.4. The molecule has 0 aliphatic rings. The van der Waals surface area contributed by atoms with Crippen LogP contribution in [-0.2, 0) is 23.4 Å². The SMILES string of the molecule is CCO[P@@](=O)(CC)OCS(=O)(=O)c1ccccc1. The molecule has 0 saturated heterocycles. The van der Waals surface area contributed by atoms with E-state index >= 15 is 0 Å². The first-order valence-electron chi connectivity index (χ1n) is 5.59. The normalized spacial score (nSPS) is 15.2. The van der Waals surface area contributed by atoms with Crippen molar-refractivity contribution in [2.24, 2.45) is 0 Å². The molecule has 0 fully saturated rings. The number of sulfone groups is 1. The topological polar surface area (TPSA) is 69.7 Å². The first-order valence-corrected chi connectivity index (χ1v) is 8.97. The molecule has 0 aliphatic carbocycles. The molecule has 1 rings (SSSR count). The summed E-state index contributed by atoms with van der Waals surface area (Å²) in [5, 5.41) is 0. The monoisotopic (exact) mass is 292 g/mol. The summed E-state index contributed by atoms with van der Waals surface area (Å²) in [6, 6.07) is 7.90. The Bertz CT molecular complexity index is 511. The van der Waals surface area contributed by atoms with Crippen LogP contribution >= 0.6 is 7.60 Å². The van der Waals surface area contributed by atoms with Crippen LogP contribution < -0.4 is 0 Å². The van der Waals surface area contributed by atoms with Gasteiger partial charge in [-0.15, -0.1) is 0 Å². The quantitative estimate of drug-likeness (QED) is 0.723. The Morgan fingerprint density at radius 1 is 1.11 bits per heavy atom. The van der Waals surface area contributed by atoms with Gasteiger partial charge in [-0.1, -0.05) is 25.1 Å². The van der Waals surface area contributed by atoms with Crippen molar-refractivity contribution in [3.8, 4) is 0 Å². The van der Waals surface area contributed by atoms with Crippen molar-refractivity contribution >= 4 is 17.4 Å². The molecule has 18 heavy (non-hydrogen) atoms. The molecule has 0 spiro atoms. The molecule has 0 aliphatic heterocycles. The van der Waals surface area contributed by atoms with E-state index < -0.39 is 23.4 Å². The third-order valence-electron chi connectivity index (χ3n) is 2.22. The van der Waals surface area contributed by atoms with Crippen molar-refractivity contribution in [1.82, 2.24) is 0 Å². The Kier molecular flexibility index (Phi) is 5.53. The van der Waals surface area contributed by atoms with Crippen LogP contribution in [0.5, 0.6) is 0 Å². The van der Waals surface area contributed by atoms with Crippen LogP contribution in [0.1, 0.15) is 13.8 Å². The highest BCUT2D eigenvalue weighted by Gasteiger charge is 2.25. The Balaban J connectivity index is 2.77. The zero-order valence-electron chi connectivity index (χ0n) is 10.4. The average molecular weight is 292 g/mol. The van der Waals surface area contributed by atoms with Gasteiger partial charge >= 0.3 is 7.60 Å². The first kappa shape index (κ1) is 15.4. The summed E-state index contributed by atoms with van der Waals surface area (Å²) in [4.78, 5) is 0.143. The molecule has 0 unspecified atom stereocenters. The second kappa shape index (κ2) is 6.48. The standard InChI is InChI=1S/C11H17O5PS/c1-3-15-17(12,4-2)16-10-18(13,14)11-8-6-5-7-9-11/h5-9H,3-4,10H2,1-2H3/t17-/m0/s1. The molecular weight excluding hydrogens is 275 g/mol. The molecule has 7 heteroatoms. The van der Waals surface area contributed by atoms with Gasteiger partial charge in [-0.3, -0.25) is 9.09 Å². The van der Waals surface area contributed by atoms with E-state index in [2.05, 4.69) is 0 Å². The van der Waals surface area contributed by atoms with Crippen LogP contribution in [0, 0.1) is 0 Å². The maximum absolute atomic E-state index is 12.0. The van der Waals surface area contributed by atoms with Crippen molar-refractivity contribution in [1.29, 1.82) is 0 Å². The van der Waals surface area contributed by atoms with Gasteiger partial charge in [-0.2, -0.15) is 0 Å². The second-order valence-corrected chi connectivity index (χ2v) is 7.83. The maximum Gasteiger partial charge on any atom is 0.331 e. The van der Waals surface area contributed by atoms with Gasteiger partial charge in [0.05, 0.1) is 11.5 Å². The van der Waals surface area contributed by atoms with Gasteiger partial charge in [0.15, 0.2) is 5.94 Å². The smallest absolute Gasteiger partial charge is 0.309 e. The third-order valence-corrected chi connectivity index (χ3v) is 5.76. The van der Waals surface area contributed by atoms with Gasteiger partial charge in [0, 0.05) is 6.16 Å². The zero-order valence-corrected chi connectivity index (χ0v) is 12.1. The molecule has 0 aromatic heterocycles. The average Bonchev–Trinajstić information content (AvgIpc) is 2.38. The fourth-order valence-electron chi connectivity index (χ4n) is 1.26. The van der Waals surface area contributed by atoms with Gasteiger partial charge in [-0.25, -0.2) is 8.42 Å². The molecule has 102 valence electrons. The van der Waals surface area contributed by atoms with E-state index in [1.165, 1.54) is 12.1 Å². The highest BCUT2D eigenvalue weighted by Crippen LogP contribution is 2.47. The molecule has 0 saturated carbocycles. The van der Waals surface area contributed by atoms with Crippen LogP contribution in [0.2, 0.25) is 0 Å². The Morgan fingerprint density at radius 3 is 2.22 bits per heavy atom. The number of rotatable bonds is 7. The van der Waals surface area contributed by atoms with Crippen LogP contribution in [0.25, 0.3) is 0 Å². The molecule has 0 amide bonds. The molecule has 0 radical (unpaired) electrons. The number of hydrogen-bond donors (Lipinski definition) is 0. The highest BCUT2D eigenvalue weighted by molar-refractivity contribution is 7.91. The summed E-state index contributed by atoms with van der Waals surface area (Å²) < 4.78 is 45.7. The molecule has 0 heterocycles. The molecule has 0 N–H and O–H groups in total. The fourth-order valence-corrected chi connectivity index (χ4v) is 4.00. The van der Waals surface area contributed by atoms with Crippen molar-refractivity contribution in [2.45, 2.75) is 18.7 Å². The van der Waals surface area contributed by atoms with E-state index in [1.807, 2.05) is 0 Å².